The molecule has 2 aromatic rings. The van der Waals surface area contributed by atoms with Crippen molar-refractivity contribution in [1.29, 1.82) is 0 Å². The highest BCUT2D eigenvalue weighted by Gasteiger charge is 2.26. The van der Waals surface area contributed by atoms with Gasteiger partial charge in [0.05, 0.1) is 5.92 Å². The summed E-state index contributed by atoms with van der Waals surface area (Å²) in [6, 6.07) is 10.5. The van der Waals surface area contributed by atoms with Crippen LogP contribution in [0.4, 0.5) is 5.69 Å². The van der Waals surface area contributed by atoms with Crippen LogP contribution in [0.1, 0.15) is 18.4 Å². The molecule has 1 aliphatic rings. The van der Waals surface area contributed by atoms with E-state index < -0.39 is 0 Å². The zero-order valence-electron chi connectivity index (χ0n) is 13.9. The van der Waals surface area contributed by atoms with Crippen molar-refractivity contribution >= 4 is 58.0 Å². The lowest BCUT2D eigenvalue weighted by molar-refractivity contribution is -0.121. The summed E-state index contributed by atoms with van der Waals surface area (Å²) < 4.78 is 0. The number of anilines is 1. The number of halogens is 4. The quantitative estimate of drug-likeness (QED) is 0.629. The monoisotopic (exact) mass is 430 g/mol. The van der Waals surface area contributed by atoms with E-state index in [1.54, 1.807) is 24.3 Å². The van der Waals surface area contributed by atoms with Gasteiger partial charge in [-0.05, 0) is 55.3 Å². The molecule has 3 nitrogen and oxygen atoms in total. The number of nitrogens with zero attached hydrogens (tertiary/aromatic N) is 1. The van der Waals surface area contributed by atoms with E-state index in [2.05, 4.69) is 10.2 Å². The van der Waals surface area contributed by atoms with Crippen LogP contribution in [0.5, 0.6) is 0 Å². The van der Waals surface area contributed by atoms with Gasteiger partial charge in [0.2, 0.25) is 5.91 Å². The number of hydrogen-bond donors (Lipinski definition) is 1. The molecule has 7 heteroatoms. The molecule has 1 heterocycles. The van der Waals surface area contributed by atoms with E-state index in [1.165, 1.54) is 0 Å². The second-order valence-electron chi connectivity index (χ2n) is 6.46. The fourth-order valence-corrected chi connectivity index (χ4v) is 4.17. The van der Waals surface area contributed by atoms with Crippen molar-refractivity contribution in [3.63, 3.8) is 0 Å². The molecule has 138 valence electrons. The number of carbonyl (C=O) groups excluding carboxylic acids is 1. The summed E-state index contributed by atoms with van der Waals surface area (Å²) in [4.78, 5) is 14.9. The average molecular weight is 432 g/mol. The highest BCUT2D eigenvalue weighted by atomic mass is 35.5. The maximum atomic E-state index is 12.6. The Labute approximate surface area is 173 Å². The maximum Gasteiger partial charge on any atom is 0.228 e. The van der Waals surface area contributed by atoms with Gasteiger partial charge in [0.15, 0.2) is 0 Å². The molecule has 3 rings (SSSR count). The number of nitrogens with one attached hydrogen (secondary N) is 1. The van der Waals surface area contributed by atoms with E-state index in [1.807, 2.05) is 12.1 Å². The number of rotatable bonds is 4. The minimum Gasteiger partial charge on any atom is -0.326 e. The van der Waals surface area contributed by atoms with Crippen molar-refractivity contribution in [3.05, 3.63) is 62.1 Å². The van der Waals surface area contributed by atoms with Crippen molar-refractivity contribution in [3.8, 4) is 0 Å². The summed E-state index contributed by atoms with van der Waals surface area (Å²) in [6.07, 6.45) is 1.81. The van der Waals surface area contributed by atoms with Gasteiger partial charge >= 0.3 is 0 Å². The number of likely N-dealkylation sites (tertiary alicyclic amines) is 1. The van der Waals surface area contributed by atoms with Crippen LogP contribution in [0.2, 0.25) is 20.1 Å². The summed E-state index contributed by atoms with van der Waals surface area (Å²) in [6.45, 7) is 2.31. The van der Waals surface area contributed by atoms with Crippen LogP contribution >= 0.6 is 46.4 Å². The number of hydrogen-bond acceptors (Lipinski definition) is 2. The number of carbonyl (C=O) groups is 1. The molecule has 0 aliphatic carbocycles. The third kappa shape index (κ3) is 5.28. The molecule has 0 spiro atoms. The summed E-state index contributed by atoms with van der Waals surface area (Å²) >= 11 is 24.2. The van der Waals surface area contributed by atoms with Gasteiger partial charge in [0.25, 0.3) is 0 Å². The van der Waals surface area contributed by atoms with Crippen molar-refractivity contribution in [2.24, 2.45) is 5.92 Å². The third-order valence-corrected chi connectivity index (χ3v) is 5.44. The maximum absolute atomic E-state index is 12.6. The van der Waals surface area contributed by atoms with Crippen LogP contribution in [0, 0.1) is 5.92 Å². The van der Waals surface area contributed by atoms with Crippen LogP contribution in [0.3, 0.4) is 0 Å². The first-order valence-electron chi connectivity index (χ1n) is 8.34. The van der Waals surface area contributed by atoms with E-state index >= 15 is 0 Å². The molecular weight excluding hydrogens is 414 g/mol. The zero-order valence-corrected chi connectivity index (χ0v) is 17.0. The van der Waals surface area contributed by atoms with Crippen molar-refractivity contribution in [2.45, 2.75) is 19.4 Å². The second-order valence-corrected chi connectivity index (χ2v) is 8.17. The fourth-order valence-electron chi connectivity index (χ4n) is 3.17. The van der Waals surface area contributed by atoms with E-state index in [0.29, 0.717) is 38.9 Å². The van der Waals surface area contributed by atoms with Crippen LogP contribution in [-0.4, -0.2) is 23.9 Å². The summed E-state index contributed by atoms with van der Waals surface area (Å²) in [7, 11) is 0. The van der Waals surface area contributed by atoms with Gasteiger partial charge in [-0.25, -0.2) is 0 Å². The van der Waals surface area contributed by atoms with E-state index in [0.717, 1.165) is 24.9 Å². The Morgan fingerprint density at radius 1 is 1.04 bits per heavy atom. The van der Waals surface area contributed by atoms with Crippen LogP contribution in [0.15, 0.2) is 36.4 Å². The van der Waals surface area contributed by atoms with Crippen molar-refractivity contribution < 1.29 is 4.79 Å². The number of piperidine rings is 1. The molecule has 2 aromatic carbocycles. The smallest absolute Gasteiger partial charge is 0.228 e. The van der Waals surface area contributed by atoms with Gasteiger partial charge in [-0.3, -0.25) is 9.69 Å². The molecule has 1 atom stereocenters. The molecular formula is C19H18Cl4N2O. The van der Waals surface area contributed by atoms with Crippen molar-refractivity contribution in [1.82, 2.24) is 4.90 Å². The molecule has 0 aromatic heterocycles. The topological polar surface area (TPSA) is 32.3 Å². The molecule has 1 saturated heterocycles. The van der Waals surface area contributed by atoms with Crippen molar-refractivity contribution in [2.75, 3.05) is 18.4 Å². The minimum absolute atomic E-state index is 0.0183. The van der Waals surface area contributed by atoms with Gasteiger partial charge in [0.1, 0.15) is 0 Å². The highest BCUT2D eigenvalue weighted by molar-refractivity contribution is 6.35. The van der Waals surface area contributed by atoms with E-state index in [4.69, 9.17) is 46.4 Å². The highest BCUT2D eigenvalue weighted by Crippen LogP contribution is 2.27. The van der Waals surface area contributed by atoms with Gasteiger partial charge < -0.3 is 5.32 Å². The van der Waals surface area contributed by atoms with Gasteiger partial charge in [-0.2, -0.15) is 0 Å². The molecule has 26 heavy (non-hydrogen) atoms. The first-order valence-corrected chi connectivity index (χ1v) is 9.85. The first-order chi connectivity index (χ1) is 12.4. The first kappa shape index (κ1) is 19.8. The van der Waals surface area contributed by atoms with Gasteiger partial charge in [-0.15, -0.1) is 0 Å². The Kier molecular flexibility index (Phi) is 6.70. The largest absolute Gasteiger partial charge is 0.326 e. The van der Waals surface area contributed by atoms with E-state index in [9.17, 15) is 4.79 Å². The summed E-state index contributed by atoms with van der Waals surface area (Å²) in [5, 5.41) is 5.18. The zero-order chi connectivity index (χ0) is 18.7. The molecule has 0 radical (unpaired) electrons. The standard InChI is InChI=1S/C19H18Cl4N2O/c20-14-4-3-12(18(23)9-14)10-25-5-1-2-13(11-25)19(26)24-17-7-15(21)6-16(22)8-17/h3-4,6-9,13H,1-2,5,10-11H2,(H,24,26)/t13-/m0/s1. The lowest BCUT2D eigenvalue weighted by Crippen LogP contribution is -2.40. The molecule has 1 amide bonds. The van der Waals surface area contributed by atoms with Gasteiger partial charge in [-0.1, -0.05) is 52.5 Å². The summed E-state index contributed by atoms with van der Waals surface area (Å²) in [5.41, 5.74) is 1.63. The Hall–Kier alpha value is -0.970. The minimum atomic E-state index is -0.0902. The Morgan fingerprint density at radius 2 is 1.77 bits per heavy atom. The normalized spacial score (nSPS) is 17.9. The predicted molar refractivity (Wildman–Crippen MR) is 110 cm³/mol. The Morgan fingerprint density at radius 3 is 2.46 bits per heavy atom. The summed E-state index contributed by atoms with van der Waals surface area (Å²) in [5.74, 6) is -0.109. The molecule has 0 bridgehead atoms. The second kappa shape index (κ2) is 8.81. The molecule has 1 aliphatic heterocycles. The predicted octanol–water partition coefficient (Wildman–Crippen LogP) is 6.15. The molecule has 0 unspecified atom stereocenters. The fraction of sp³-hybridized carbons (Fsp3) is 0.316. The molecule has 0 saturated carbocycles. The Bertz CT molecular complexity index is 792. The van der Waals surface area contributed by atoms with Crippen LogP contribution in [0.25, 0.3) is 0 Å². The lowest BCUT2D eigenvalue weighted by Gasteiger charge is -2.32. The third-order valence-electron chi connectivity index (χ3n) is 4.42. The van der Waals surface area contributed by atoms with Gasteiger partial charge in [0, 0.05) is 38.9 Å². The average Bonchev–Trinajstić information content (AvgIpc) is 2.57. The van der Waals surface area contributed by atoms with E-state index in [-0.39, 0.29) is 11.8 Å². The molecule has 1 fully saturated rings. The van der Waals surface area contributed by atoms with Crippen LogP contribution < -0.4 is 5.32 Å². The number of benzene rings is 2. The lowest BCUT2D eigenvalue weighted by atomic mass is 9.96. The SMILES string of the molecule is O=C(Nc1cc(Cl)cc(Cl)c1)[C@H]1CCCN(Cc2ccc(Cl)cc2Cl)C1. The Balaban J connectivity index is 1.63. The molecule has 1 N–H and O–H groups in total. The number of amides is 1. The van der Waals surface area contributed by atoms with Crippen LogP contribution in [-0.2, 0) is 11.3 Å².